The third kappa shape index (κ3) is 2.47. The fourth-order valence-corrected chi connectivity index (χ4v) is 2.73. The lowest BCUT2D eigenvalue weighted by Crippen LogP contribution is -2.17. The van der Waals surface area contributed by atoms with Crippen LogP contribution < -0.4 is 10.1 Å². The zero-order chi connectivity index (χ0) is 11.5. The summed E-state index contributed by atoms with van der Waals surface area (Å²) in [5.41, 5.74) is 1.43. The van der Waals surface area contributed by atoms with Crippen molar-refractivity contribution in [2.45, 2.75) is 31.6 Å². The smallest absolute Gasteiger partial charge is 0.122 e. The minimum absolute atomic E-state index is 0.699. The summed E-state index contributed by atoms with van der Waals surface area (Å²) in [5.74, 6) is 2.58. The Morgan fingerprint density at radius 3 is 2.76 bits per heavy atom. The molecule has 0 spiro atoms. The first-order valence-electron chi connectivity index (χ1n) is 6.86. The predicted octanol–water partition coefficient (Wildman–Crippen LogP) is 2.94. The van der Waals surface area contributed by atoms with Crippen LogP contribution >= 0.6 is 0 Å². The van der Waals surface area contributed by atoms with E-state index in [0.29, 0.717) is 5.92 Å². The van der Waals surface area contributed by atoms with Gasteiger partial charge in [-0.1, -0.05) is 24.6 Å². The maximum atomic E-state index is 6.04. The van der Waals surface area contributed by atoms with Crippen LogP contribution in [-0.4, -0.2) is 19.7 Å². The van der Waals surface area contributed by atoms with E-state index in [1.54, 1.807) is 0 Å². The monoisotopic (exact) mass is 231 g/mol. The first-order valence-corrected chi connectivity index (χ1v) is 6.86. The Morgan fingerprint density at radius 1 is 1.18 bits per heavy atom. The highest BCUT2D eigenvalue weighted by atomic mass is 16.5. The van der Waals surface area contributed by atoms with Crippen molar-refractivity contribution >= 4 is 0 Å². The summed E-state index contributed by atoms with van der Waals surface area (Å²) in [5, 5.41) is 3.39. The molecule has 2 heteroatoms. The molecule has 92 valence electrons. The van der Waals surface area contributed by atoms with Crippen LogP contribution in [-0.2, 0) is 0 Å². The molecule has 17 heavy (non-hydrogen) atoms. The van der Waals surface area contributed by atoms with Crippen molar-refractivity contribution in [3.05, 3.63) is 29.8 Å². The third-order valence-corrected chi connectivity index (χ3v) is 4.10. The summed E-state index contributed by atoms with van der Waals surface area (Å²) >= 11 is 0. The molecule has 1 unspecified atom stereocenters. The molecule has 0 amide bonds. The van der Waals surface area contributed by atoms with Crippen molar-refractivity contribution in [3.8, 4) is 5.75 Å². The lowest BCUT2D eigenvalue weighted by molar-refractivity contribution is 0.253. The molecule has 1 aliphatic heterocycles. The minimum atomic E-state index is 0.699. The number of para-hydroxylation sites is 1. The first kappa shape index (κ1) is 11.1. The van der Waals surface area contributed by atoms with E-state index in [-0.39, 0.29) is 0 Å². The first-order chi connectivity index (χ1) is 8.43. The van der Waals surface area contributed by atoms with Crippen molar-refractivity contribution in [1.82, 2.24) is 5.32 Å². The van der Waals surface area contributed by atoms with Crippen LogP contribution in [0.5, 0.6) is 5.75 Å². The van der Waals surface area contributed by atoms with Crippen LogP contribution in [0.2, 0.25) is 0 Å². The Hall–Kier alpha value is -1.02. The van der Waals surface area contributed by atoms with Crippen LogP contribution in [0.3, 0.4) is 0 Å². The lowest BCUT2D eigenvalue weighted by atomic mass is 9.80. The second-order valence-corrected chi connectivity index (χ2v) is 5.34. The molecule has 2 fully saturated rings. The Morgan fingerprint density at radius 2 is 2.06 bits per heavy atom. The average Bonchev–Trinajstić information content (AvgIpc) is 2.78. The fraction of sp³-hybridized carbons (Fsp3) is 0.600. The molecule has 2 nitrogen and oxygen atoms in total. The summed E-state index contributed by atoms with van der Waals surface area (Å²) in [7, 11) is 0. The van der Waals surface area contributed by atoms with E-state index in [2.05, 4.69) is 29.6 Å². The van der Waals surface area contributed by atoms with Crippen molar-refractivity contribution in [2.24, 2.45) is 5.92 Å². The largest absolute Gasteiger partial charge is 0.493 e. The van der Waals surface area contributed by atoms with Crippen molar-refractivity contribution in [2.75, 3.05) is 19.7 Å². The van der Waals surface area contributed by atoms with E-state index in [1.807, 2.05) is 0 Å². The average molecular weight is 231 g/mol. The number of hydrogen-bond acceptors (Lipinski definition) is 2. The highest BCUT2D eigenvalue weighted by Gasteiger charge is 2.23. The second kappa shape index (κ2) is 5.09. The SMILES string of the molecule is c1ccc(C2CCC2)c(OCC2CCNC2)c1. The molecule has 0 radical (unpaired) electrons. The molecule has 1 aromatic rings. The van der Waals surface area contributed by atoms with Gasteiger partial charge in [-0.2, -0.15) is 0 Å². The summed E-state index contributed by atoms with van der Waals surface area (Å²) in [4.78, 5) is 0. The zero-order valence-electron chi connectivity index (χ0n) is 10.3. The lowest BCUT2D eigenvalue weighted by Gasteiger charge is -2.27. The molecule has 1 heterocycles. The number of hydrogen-bond donors (Lipinski definition) is 1. The molecule has 0 aromatic heterocycles. The zero-order valence-corrected chi connectivity index (χ0v) is 10.3. The van der Waals surface area contributed by atoms with E-state index in [4.69, 9.17) is 4.74 Å². The number of rotatable bonds is 4. The van der Waals surface area contributed by atoms with Gasteiger partial charge in [0.15, 0.2) is 0 Å². The molecular formula is C15H21NO. The van der Waals surface area contributed by atoms with Gasteiger partial charge in [0.05, 0.1) is 6.61 Å². The van der Waals surface area contributed by atoms with Crippen molar-refractivity contribution in [1.29, 1.82) is 0 Å². The summed E-state index contributed by atoms with van der Waals surface area (Å²) < 4.78 is 6.04. The van der Waals surface area contributed by atoms with Gasteiger partial charge in [0.1, 0.15) is 5.75 Å². The van der Waals surface area contributed by atoms with Crippen LogP contribution in [0.25, 0.3) is 0 Å². The van der Waals surface area contributed by atoms with Crippen LogP contribution in [0.15, 0.2) is 24.3 Å². The maximum absolute atomic E-state index is 6.04. The third-order valence-electron chi connectivity index (χ3n) is 4.10. The Balaban J connectivity index is 1.64. The molecule has 3 rings (SSSR count). The molecule has 1 saturated heterocycles. The molecule has 1 N–H and O–H groups in total. The van der Waals surface area contributed by atoms with Crippen molar-refractivity contribution in [3.63, 3.8) is 0 Å². The van der Waals surface area contributed by atoms with Crippen LogP contribution in [0.4, 0.5) is 0 Å². The topological polar surface area (TPSA) is 21.3 Å². The van der Waals surface area contributed by atoms with E-state index >= 15 is 0 Å². The number of nitrogens with one attached hydrogen (secondary N) is 1. The van der Waals surface area contributed by atoms with Gasteiger partial charge in [-0.05, 0) is 43.4 Å². The molecule has 1 saturated carbocycles. The van der Waals surface area contributed by atoms with E-state index in [1.165, 1.54) is 31.2 Å². The Bertz CT molecular complexity index is 367. The van der Waals surface area contributed by atoms with E-state index < -0.39 is 0 Å². The van der Waals surface area contributed by atoms with Gasteiger partial charge in [0.2, 0.25) is 0 Å². The van der Waals surface area contributed by atoms with Crippen LogP contribution in [0.1, 0.15) is 37.2 Å². The second-order valence-electron chi connectivity index (χ2n) is 5.34. The summed E-state index contributed by atoms with van der Waals surface area (Å²) in [6, 6.07) is 8.60. The molecule has 0 bridgehead atoms. The predicted molar refractivity (Wildman–Crippen MR) is 69.5 cm³/mol. The normalized spacial score (nSPS) is 24.6. The van der Waals surface area contributed by atoms with Gasteiger partial charge in [-0.25, -0.2) is 0 Å². The summed E-state index contributed by atoms with van der Waals surface area (Å²) in [6.45, 7) is 3.14. The standard InChI is InChI=1S/C15H21NO/c1-2-7-15(14(6-1)13-4-3-5-13)17-11-12-8-9-16-10-12/h1-2,6-7,12-13,16H,3-5,8-11H2. The molecule has 2 aliphatic rings. The molecule has 1 aliphatic carbocycles. The molecular weight excluding hydrogens is 210 g/mol. The van der Waals surface area contributed by atoms with Gasteiger partial charge in [-0.3, -0.25) is 0 Å². The van der Waals surface area contributed by atoms with Gasteiger partial charge >= 0.3 is 0 Å². The quantitative estimate of drug-likeness (QED) is 0.860. The van der Waals surface area contributed by atoms with Crippen molar-refractivity contribution < 1.29 is 4.74 Å². The van der Waals surface area contributed by atoms with Gasteiger partial charge in [0.25, 0.3) is 0 Å². The van der Waals surface area contributed by atoms with E-state index in [9.17, 15) is 0 Å². The van der Waals surface area contributed by atoms with E-state index in [0.717, 1.165) is 31.4 Å². The highest BCUT2D eigenvalue weighted by Crippen LogP contribution is 2.40. The molecule has 1 aromatic carbocycles. The van der Waals surface area contributed by atoms with Crippen LogP contribution in [0, 0.1) is 5.92 Å². The number of ether oxygens (including phenoxy) is 1. The van der Waals surface area contributed by atoms with Gasteiger partial charge < -0.3 is 10.1 Å². The minimum Gasteiger partial charge on any atom is -0.493 e. The Kier molecular flexibility index (Phi) is 3.32. The number of benzene rings is 1. The fourth-order valence-electron chi connectivity index (χ4n) is 2.73. The highest BCUT2D eigenvalue weighted by molar-refractivity contribution is 5.37. The maximum Gasteiger partial charge on any atom is 0.122 e. The summed E-state index contributed by atoms with van der Waals surface area (Å²) in [6.07, 6.45) is 5.31. The Labute approximate surface area is 103 Å². The van der Waals surface area contributed by atoms with Gasteiger partial charge in [0, 0.05) is 12.5 Å². The molecule has 1 atom stereocenters. The van der Waals surface area contributed by atoms with Gasteiger partial charge in [-0.15, -0.1) is 0 Å².